The van der Waals surface area contributed by atoms with Gasteiger partial charge in [0, 0.05) is 31.7 Å². The molecule has 0 bridgehead atoms. The van der Waals surface area contributed by atoms with E-state index in [-0.39, 0.29) is 17.2 Å². The third-order valence-electron chi connectivity index (χ3n) is 3.43. The highest BCUT2D eigenvalue weighted by Gasteiger charge is 2.28. The van der Waals surface area contributed by atoms with Gasteiger partial charge in [-0.1, -0.05) is 0 Å². The van der Waals surface area contributed by atoms with Crippen LogP contribution >= 0.6 is 0 Å². The van der Waals surface area contributed by atoms with Crippen LogP contribution in [-0.2, 0) is 7.05 Å². The molecular formula is C15H15F3N8O. The molecule has 0 unspecified atom stereocenters. The summed E-state index contributed by atoms with van der Waals surface area (Å²) in [6.45, 7) is 0.109. The first-order valence-electron chi connectivity index (χ1n) is 7.71. The van der Waals surface area contributed by atoms with Crippen molar-refractivity contribution >= 4 is 17.5 Å². The maximum Gasteiger partial charge on any atom is 0.405 e. The molecule has 0 saturated heterocycles. The number of nitrogens with one attached hydrogen (secondary N) is 2. The molecule has 0 aromatic carbocycles. The van der Waals surface area contributed by atoms with E-state index in [2.05, 4.69) is 25.5 Å². The number of aromatic nitrogens is 6. The summed E-state index contributed by atoms with van der Waals surface area (Å²) in [6.07, 6.45) is 1.64. The Kier molecular flexibility index (Phi) is 4.79. The number of anilines is 2. The Balaban J connectivity index is 1.79. The average molecular weight is 380 g/mol. The molecule has 0 atom stereocenters. The highest BCUT2D eigenvalue weighted by atomic mass is 19.4. The van der Waals surface area contributed by atoms with Gasteiger partial charge >= 0.3 is 6.18 Å². The lowest BCUT2D eigenvalue weighted by molar-refractivity contribution is -0.123. The van der Waals surface area contributed by atoms with Crippen molar-refractivity contribution in [2.45, 2.75) is 13.1 Å². The molecule has 12 heteroatoms. The van der Waals surface area contributed by atoms with Crippen LogP contribution in [0.5, 0.6) is 0 Å². The Morgan fingerprint density at radius 3 is 2.74 bits per heavy atom. The molecule has 0 fully saturated rings. The second-order valence-corrected chi connectivity index (χ2v) is 5.64. The van der Waals surface area contributed by atoms with E-state index in [1.54, 1.807) is 30.2 Å². The fourth-order valence-electron chi connectivity index (χ4n) is 2.23. The smallest absolute Gasteiger partial charge is 0.343 e. The second-order valence-electron chi connectivity index (χ2n) is 5.64. The summed E-state index contributed by atoms with van der Waals surface area (Å²) < 4.78 is 39.7. The monoisotopic (exact) mass is 380 g/mol. The zero-order valence-electron chi connectivity index (χ0n) is 14.3. The fraction of sp³-hybridized carbons (Fsp3) is 0.267. The van der Waals surface area contributed by atoms with Gasteiger partial charge in [0.05, 0.1) is 23.1 Å². The molecule has 0 spiro atoms. The van der Waals surface area contributed by atoms with Crippen molar-refractivity contribution in [3.63, 3.8) is 0 Å². The molecule has 0 saturated carbocycles. The minimum Gasteiger partial charge on any atom is -0.343 e. The quantitative estimate of drug-likeness (QED) is 0.699. The molecule has 142 valence electrons. The maximum atomic E-state index is 12.3. The largest absolute Gasteiger partial charge is 0.405 e. The highest BCUT2D eigenvalue weighted by molar-refractivity contribution is 5.95. The molecule has 3 rings (SSSR count). The predicted octanol–water partition coefficient (Wildman–Crippen LogP) is 1.74. The summed E-state index contributed by atoms with van der Waals surface area (Å²) in [4.78, 5) is 20.3. The molecule has 27 heavy (non-hydrogen) atoms. The van der Waals surface area contributed by atoms with Crippen LogP contribution in [0.2, 0.25) is 0 Å². The van der Waals surface area contributed by atoms with E-state index in [1.807, 2.05) is 5.32 Å². The summed E-state index contributed by atoms with van der Waals surface area (Å²) in [7, 11) is 1.76. The maximum absolute atomic E-state index is 12.3. The minimum absolute atomic E-state index is 0.0274. The predicted molar refractivity (Wildman–Crippen MR) is 88.8 cm³/mol. The molecule has 3 aromatic rings. The van der Waals surface area contributed by atoms with Crippen LogP contribution in [0.3, 0.4) is 0 Å². The third kappa shape index (κ3) is 4.59. The number of hydrogen-bond donors (Lipinski definition) is 2. The number of carbonyl (C=O) groups excluding carboxylic acids is 1. The summed E-state index contributed by atoms with van der Waals surface area (Å²) in [6, 6.07) is 1.55. The van der Waals surface area contributed by atoms with Gasteiger partial charge in [-0.05, 0) is 6.92 Å². The van der Waals surface area contributed by atoms with Crippen LogP contribution < -0.4 is 10.6 Å². The first-order chi connectivity index (χ1) is 12.7. The topological polar surface area (TPSA) is 103 Å². The van der Waals surface area contributed by atoms with Crippen molar-refractivity contribution < 1.29 is 18.0 Å². The highest BCUT2D eigenvalue weighted by Crippen LogP contribution is 2.16. The molecule has 9 nitrogen and oxygen atoms in total. The van der Waals surface area contributed by atoms with E-state index in [4.69, 9.17) is 0 Å². The van der Waals surface area contributed by atoms with Gasteiger partial charge in [-0.15, -0.1) is 0 Å². The number of halogens is 3. The number of carbonyl (C=O) groups is 1. The zero-order valence-corrected chi connectivity index (χ0v) is 14.3. The number of nitrogens with zero attached hydrogens (tertiary/aromatic N) is 6. The average Bonchev–Trinajstić information content (AvgIpc) is 3.18. The van der Waals surface area contributed by atoms with E-state index >= 15 is 0 Å². The van der Waals surface area contributed by atoms with Crippen LogP contribution in [0, 0.1) is 6.92 Å². The van der Waals surface area contributed by atoms with Crippen LogP contribution in [-0.4, -0.2) is 48.2 Å². The first kappa shape index (κ1) is 18.4. The van der Waals surface area contributed by atoms with Gasteiger partial charge in [-0.25, -0.2) is 9.67 Å². The van der Waals surface area contributed by atoms with Crippen LogP contribution in [0.4, 0.5) is 24.8 Å². The Labute approximate surface area is 151 Å². The van der Waals surface area contributed by atoms with Crippen LogP contribution in [0.1, 0.15) is 16.1 Å². The molecule has 2 N–H and O–H groups in total. The van der Waals surface area contributed by atoms with Gasteiger partial charge in [0.2, 0.25) is 5.95 Å². The van der Waals surface area contributed by atoms with Gasteiger partial charge in [-0.3, -0.25) is 9.48 Å². The Bertz CT molecular complexity index is 962. The molecule has 3 aromatic heterocycles. The minimum atomic E-state index is -4.49. The number of alkyl halides is 3. The number of hydrogen-bond acceptors (Lipinski definition) is 6. The molecule has 0 radical (unpaired) electrons. The molecule has 0 aliphatic heterocycles. The Morgan fingerprint density at radius 1 is 1.30 bits per heavy atom. The molecule has 3 heterocycles. The van der Waals surface area contributed by atoms with Gasteiger partial charge in [-0.2, -0.15) is 28.4 Å². The fourth-order valence-corrected chi connectivity index (χ4v) is 2.23. The zero-order chi connectivity index (χ0) is 19.6. The summed E-state index contributed by atoms with van der Waals surface area (Å²) in [5.41, 5.74) is 0.980. The molecule has 0 aliphatic rings. The van der Waals surface area contributed by atoms with Crippen LogP contribution in [0.15, 0.2) is 30.9 Å². The van der Waals surface area contributed by atoms with Gasteiger partial charge in [0.15, 0.2) is 5.82 Å². The summed E-state index contributed by atoms with van der Waals surface area (Å²) >= 11 is 0. The first-order valence-corrected chi connectivity index (χ1v) is 7.71. The Morgan fingerprint density at radius 2 is 2.07 bits per heavy atom. The van der Waals surface area contributed by atoms with Crippen molar-refractivity contribution in [1.82, 2.24) is 34.8 Å². The number of amides is 1. The lowest BCUT2D eigenvalue weighted by Crippen LogP contribution is -2.33. The van der Waals surface area contributed by atoms with Gasteiger partial charge < -0.3 is 10.6 Å². The van der Waals surface area contributed by atoms with Crippen molar-refractivity contribution in [3.8, 4) is 5.82 Å². The lowest BCUT2D eigenvalue weighted by Gasteiger charge is -2.07. The van der Waals surface area contributed by atoms with E-state index in [9.17, 15) is 18.0 Å². The lowest BCUT2D eigenvalue weighted by atomic mass is 10.2. The third-order valence-corrected chi connectivity index (χ3v) is 3.43. The molecule has 1 amide bonds. The van der Waals surface area contributed by atoms with E-state index < -0.39 is 18.6 Å². The van der Waals surface area contributed by atoms with Crippen molar-refractivity contribution in [1.29, 1.82) is 0 Å². The summed E-state index contributed by atoms with van der Waals surface area (Å²) in [5.74, 6) is -0.245. The summed E-state index contributed by atoms with van der Waals surface area (Å²) in [5, 5.41) is 12.9. The van der Waals surface area contributed by atoms with Gasteiger partial charge in [0.25, 0.3) is 5.91 Å². The molecule has 0 aliphatic carbocycles. The molecular weight excluding hydrogens is 365 g/mol. The SMILES string of the molecule is Cc1nn(-c2ccnc(Nc3cnn(C)c3)n2)cc1C(=O)NCC(F)(F)F. The van der Waals surface area contributed by atoms with Crippen molar-refractivity contribution in [2.75, 3.05) is 11.9 Å². The normalized spacial score (nSPS) is 11.4. The number of rotatable bonds is 5. The number of aryl methyl sites for hydroxylation is 2. The van der Waals surface area contributed by atoms with E-state index in [0.29, 0.717) is 11.5 Å². The Hall–Kier alpha value is -3.44. The standard InChI is InChI=1S/C15H15F3N8O/c1-9-11(13(27)20-8-15(16,17)18)7-26(24-9)12-3-4-19-14(23-12)22-10-5-21-25(2)6-10/h3-7H,8H2,1-2H3,(H,20,27)(H,19,22,23). The van der Waals surface area contributed by atoms with E-state index in [1.165, 1.54) is 24.0 Å². The second kappa shape index (κ2) is 7.05. The van der Waals surface area contributed by atoms with Crippen molar-refractivity contribution in [3.05, 3.63) is 42.1 Å². The van der Waals surface area contributed by atoms with Crippen molar-refractivity contribution in [2.24, 2.45) is 7.05 Å². The van der Waals surface area contributed by atoms with Crippen LogP contribution in [0.25, 0.3) is 5.82 Å². The van der Waals surface area contributed by atoms with E-state index in [0.717, 1.165) is 0 Å². The van der Waals surface area contributed by atoms with Gasteiger partial charge in [0.1, 0.15) is 6.54 Å².